The first-order chi connectivity index (χ1) is 11.4. The van der Waals surface area contributed by atoms with Crippen LogP contribution in [0.5, 0.6) is 0 Å². The molecule has 0 aliphatic carbocycles. The molecule has 4 nitrogen and oxygen atoms in total. The molecule has 2 aliphatic heterocycles. The lowest BCUT2D eigenvalue weighted by Crippen LogP contribution is -2.47. The topological polar surface area (TPSA) is 49.4 Å². The van der Waals surface area contributed by atoms with Gasteiger partial charge in [0.25, 0.3) is 5.91 Å². The number of fused-ring (bicyclic) bond motifs is 2. The normalized spacial score (nSPS) is 25.3. The van der Waals surface area contributed by atoms with Crippen molar-refractivity contribution in [3.05, 3.63) is 58.6 Å². The number of hydrogen-bond acceptors (Lipinski definition) is 3. The van der Waals surface area contributed by atoms with E-state index in [1.165, 1.54) is 11.8 Å². The third kappa shape index (κ3) is 2.01. The molecule has 122 valence electrons. The second-order valence-corrected chi connectivity index (χ2v) is 8.03. The average Bonchev–Trinajstić information content (AvgIpc) is 2.97. The van der Waals surface area contributed by atoms with Crippen LogP contribution in [0.1, 0.15) is 18.1 Å². The van der Waals surface area contributed by atoms with E-state index >= 15 is 0 Å². The predicted molar refractivity (Wildman–Crippen MR) is 97.5 cm³/mol. The fourth-order valence-electron chi connectivity index (χ4n) is 3.31. The van der Waals surface area contributed by atoms with Gasteiger partial charge in [-0.25, -0.2) is 0 Å². The molecule has 2 aromatic rings. The van der Waals surface area contributed by atoms with Crippen LogP contribution in [-0.2, 0) is 14.5 Å². The molecule has 0 aromatic heterocycles. The van der Waals surface area contributed by atoms with Gasteiger partial charge in [0, 0.05) is 22.0 Å². The summed E-state index contributed by atoms with van der Waals surface area (Å²) < 4.78 is 0. The van der Waals surface area contributed by atoms with Crippen molar-refractivity contribution < 1.29 is 9.59 Å². The number of nitrogens with zero attached hydrogens (tertiary/aromatic N) is 1. The summed E-state index contributed by atoms with van der Waals surface area (Å²) in [6.07, 6.45) is 0. The summed E-state index contributed by atoms with van der Waals surface area (Å²) in [5.41, 5.74) is 3.32. The van der Waals surface area contributed by atoms with Crippen LogP contribution in [0.25, 0.3) is 0 Å². The number of carbonyl (C=O) groups excluding carboxylic acids is 2. The van der Waals surface area contributed by atoms with Crippen LogP contribution >= 0.6 is 23.4 Å². The van der Waals surface area contributed by atoms with Crippen molar-refractivity contribution in [2.75, 3.05) is 10.2 Å². The first kappa shape index (κ1) is 15.5. The van der Waals surface area contributed by atoms with Crippen LogP contribution < -0.4 is 10.2 Å². The molecule has 4 rings (SSSR count). The predicted octanol–water partition coefficient (Wildman–Crippen LogP) is 3.92. The number of anilines is 2. The van der Waals surface area contributed by atoms with E-state index in [1.807, 2.05) is 32.0 Å². The van der Waals surface area contributed by atoms with Crippen LogP contribution in [0.2, 0.25) is 5.02 Å². The zero-order valence-corrected chi connectivity index (χ0v) is 14.7. The fraction of sp³-hybridized carbons (Fsp3) is 0.222. The number of aryl methyl sites for hydroxylation is 1. The molecule has 0 bridgehead atoms. The molecule has 2 atom stereocenters. The molecule has 0 saturated carbocycles. The minimum Gasteiger partial charge on any atom is -0.323 e. The Morgan fingerprint density at radius 1 is 1.17 bits per heavy atom. The lowest BCUT2D eigenvalue weighted by atomic mass is 10.0. The van der Waals surface area contributed by atoms with E-state index in [0.29, 0.717) is 10.7 Å². The van der Waals surface area contributed by atoms with Crippen molar-refractivity contribution in [2.24, 2.45) is 0 Å². The molecule has 2 amide bonds. The quantitative estimate of drug-likeness (QED) is 0.840. The number of rotatable bonds is 1. The van der Waals surface area contributed by atoms with Crippen molar-refractivity contribution in [3.63, 3.8) is 0 Å². The van der Waals surface area contributed by atoms with Gasteiger partial charge in [0.1, 0.15) is 0 Å². The first-order valence-corrected chi connectivity index (χ1v) is 8.89. The van der Waals surface area contributed by atoms with Crippen molar-refractivity contribution in [1.29, 1.82) is 0 Å². The highest BCUT2D eigenvalue weighted by atomic mass is 35.5. The van der Waals surface area contributed by atoms with E-state index in [1.54, 1.807) is 29.2 Å². The largest absolute Gasteiger partial charge is 0.323 e. The van der Waals surface area contributed by atoms with Crippen LogP contribution in [0.4, 0.5) is 11.4 Å². The number of amides is 2. The number of nitrogens with one attached hydrogen (secondary N) is 1. The van der Waals surface area contributed by atoms with Gasteiger partial charge in [0.15, 0.2) is 0 Å². The Kier molecular flexibility index (Phi) is 3.41. The van der Waals surface area contributed by atoms with E-state index in [-0.39, 0.29) is 17.1 Å². The third-order valence-electron chi connectivity index (χ3n) is 4.41. The number of hydrogen-bond donors (Lipinski definition) is 1. The van der Waals surface area contributed by atoms with E-state index in [4.69, 9.17) is 11.6 Å². The monoisotopic (exact) mass is 358 g/mol. The molecule has 0 radical (unpaired) electrons. The smallest absolute Gasteiger partial charge is 0.266 e. The fourth-order valence-corrected chi connectivity index (χ4v) is 4.91. The number of thioether (sulfide) groups is 1. The molecule has 1 spiro atoms. The Hall–Kier alpha value is -1.98. The highest BCUT2D eigenvalue weighted by Crippen LogP contribution is 2.56. The number of benzene rings is 2. The molecule has 1 saturated heterocycles. The van der Waals surface area contributed by atoms with Gasteiger partial charge in [0.2, 0.25) is 10.8 Å². The first-order valence-electron chi connectivity index (χ1n) is 7.63. The van der Waals surface area contributed by atoms with E-state index < -0.39 is 4.87 Å². The molecule has 1 N–H and O–H groups in total. The second-order valence-electron chi connectivity index (χ2n) is 6.06. The van der Waals surface area contributed by atoms with Gasteiger partial charge in [-0.05, 0) is 44.2 Å². The third-order valence-corrected chi connectivity index (χ3v) is 6.15. The maximum absolute atomic E-state index is 13.0. The van der Waals surface area contributed by atoms with E-state index in [9.17, 15) is 9.59 Å². The lowest BCUT2D eigenvalue weighted by molar-refractivity contribution is -0.122. The highest BCUT2D eigenvalue weighted by Gasteiger charge is 2.60. The summed E-state index contributed by atoms with van der Waals surface area (Å²) in [5, 5.41) is 3.21. The van der Waals surface area contributed by atoms with E-state index in [2.05, 4.69) is 5.32 Å². The minimum absolute atomic E-state index is 0.0770. The minimum atomic E-state index is -1.06. The Labute approximate surface area is 149 Å². The highest BCUT2D eigenvalue weighted by molar-refractivity contribution is 8.03. The SMILES string of the molecule is Cc1ccc2c(c1)[C@]1(S[C@H](C)C(=O)N1c1ccc(Cl)cc1)C(=O)N2. The van der Waals surface area contributed by atoms with Crippen LogP contribution in [-0.4, -0.2) is 17.1 Å². The van der Waals surface area contributed by atoms with Gasteiger partial charge in [-0.3, -0.25) is 14.5 Å². The van der Waals surface area contributed by atoms with Gasteiger partial charge in [-0.15, -0.1) is 11.8 Å². The Balaban J connectivity index is 1.95. The molecule has 2 aromatic carbocycles. The van der Waals surface area contributed by atoms with Gasteiger partial charge in [0.05, 0.1) is 5.25 Å². The maximum atomic E-state index is 13.0. The van der Waals surface area contributed by atoms with Crippen molar-refractivity contribution in [1.82, 2.24) is 0 Å². The molecular formula is C18H15ClN2O2S. The van der Waals surface area contributed by atoms with Crippen molar-refractivity contribution in [3.8, 4) is 0 Å². The summed E-state index contributed by atoms with van der Waals surface area (Å²) in [7, 11) is 0. The molecule has 1 fully saturated rings. The molecule has 2 aliphatic rings. The summed E-state index contributed by atoms with van der Waals surface area (Å²) in [6.45, 7) is 3.82. The Morgan fingerprint density at radius 2 is 1.88 bits per heavy atom. The van der Waals surface area contributed by atoms with Crippen molar-refractivity contribution in [2.45, 2.75) is 24.0 Å². The molecule has 0 unspecified atom stereocenters. The molecule has 24 heavy (non-hydrogen) atoms. The second kappa shape index (κ2) is 5.26. The average molecular weight is 359 g/mol. The van der Waals surface area contributed by atoms with E-state index in [0.717, 1.165) is 16.8 Å². The summed E-state index contributed by atoms with van der Waals surface area (Å²) in [5.74, 6) is -0.257. The summed E-state index contributed by atoms with van der Waals surface area (Å²) in [6, 6.07) is 12.9. The van der Waals surface area contributed by atoms with Gasteiger partial charge in [-0.2, -0.15) is 0 Å². The molecule has 2 heterocycles. The van der Waals surface area contributed by atoms with Crippen LogP contribution in [0, 0.1) is 6.92 Å². The Bertz CT molecular complexity index is 868. The number of carbonyl (C=O) groups is 2. The zero-order chi connectivity index (χ0) is 17.1. The van der Waals surface area contributed by atoms with Gasteiger partial charge in [-0.1, -0.05) is 29.3 Å². The van der Waals surface area contributed by atoms with Crippen LogP contribution in [0.3, 0.4) is 0 Å². The maximum Gasteiger partial charge on any atom is 0.266 e. The summed E-state index contributed by atoms with van der Waals surface area (Å²) in [4.78, 5) is 26.4. The van der Waals surface area contributed by atoms with Gasteiger partial charge < -0.3 is 5.32 Å². The molecular weight excluding hydrogens is 344 g/mol. The summed E-state index contributed by atoms with van der Waals surface area (Å²) >= 11 is 7.36. The van der Waals surface area contributed by atoms with Crippen molar-refractivity contribution >= 4 is 46.6 Å². The lowest BCUT2D eigenvalue weighted by Gasteiger charge is -2.32. The van der Waals surface area contributed by atoms with Crippen LogP contribution in [0.15, 0.2) is 42.5 Å². The van der Waals surface area contributed by atoms with Gasteiger partial charge >= 0.3 is 0 Å². The Morgan fingerprint density at radius 3 is 2.58 bits per heavy atom. The molecule has 6 heteroatoms. The number of halogens is 1. The zero-order valence-electron chi connectivity index (χ0n) is 13.2. The standard InChI is InChI=1S/C18H15ClN2O2S/c1-10-3-8-15-14(9-10)18(17(23)20-15)21(16(22)11(2)24-18)13-6-4-12(19)5-7-13/h3-9,11H,1-2H3,(H,20,23)/t11-,18+/m1/s1.